The molecule has 4 nitrogen and oxygen atoms in total. The summed E-state index contributed by atoms with van der Waals surface area (Å²) in [5, 5.41) is 9.14. The van der Waals surface area contributed by atoms with Crippen molar-refractivity contribution in [2.45, 2.75) is 13.0 Å². The van der Waals surface area contributed by atoms with Crippen LogP contribution in [0.2, 0.25) is 5.02 Å². The SMILES string of the molecule is CC(Oc1ccc(Cl)cc1)C(=O)O.N. The smallest absolute Gasteiger partial charge is 0.344 e. The zero-order chi connectivity index (χ0) is 9.84. The molecule has 0 bridgehead atoms. The van der Waals surface area contributed by atoms with Gasteiger partial charge in [0.25, 0.3) is 0 Å². The van der Waals surface area contributed by atoms with Crippen LogP contribution in [0.4, 0.5) is 0 Å². The normalized spacial score (nSPS) is 11.3. The molecule has 1 rings (SSSR count). The van der Waals surface area contributed by atoms with Gasteiger partial charge in [-0.25, -0.2) is 4.79 Å². The lowest BCUT2D eigenvalue weighted by atomic mass is 10.3. The van der Waals surface area contributed by atoms with Crippen molar-refractivity contribution in [1.82, 2.24) is 6.15 Å². The molecule has 0 aromatic heterocycles. The Morgan fingerprint density at radius 1 is 1.43 bits per heavy atom. The molecule has 1 atom stereocenters. The van der Waals surface area contributed by atoms with Crippen molar-refractivity contribution in [3.8, 4) is 5.75 Å². The Kier molecular flexibility index (Phi) is 4.97. The summed E-state index contributed by atoms with van der Waals surface area (Å²) in [4.78, 5) is 10.4. The van der Waals surface area contributed by atoms with Gasteiger partial charge in [0.05, 0.1) is 0 Å². The predicted octanol–water partition coefficient (Wildman–Crippen LogP) is 2.35. The van der Waals surface area contributed by atoms with E-state index in [2.05, 4.69) is 0 Å². The van der Waals surface area contributed by atoms with Crippen molar-refractivity contribution in [3.05, 3.63) is 29.3 Å². The van der Waals surface area contributed by atoms with Gasteiger partial charge in [0, 0.05) is 5.02 Å². The van der Waals surface area contributed by atoms with Crippen molar-refractivity contribution in [2.75, 3.05) is 0 Å². The second-order valence-corrected chi connectivity index (χ2v) is 2.99. The Hall–Kier alpha value is -1.26. The lowest BCUT2D eigenvalue weighted by Crippen LogP contribution is -2.22. The maximum absolute atomic E-state index is 10.4. The molecule has 0 aliphatic carbocycles. The highest BCUT2D eigenvalue weighted by Crippen LogP contribution is 2.16. The Morgan fingerprint density at radius 2 is 1.93 bits per heavy atom. The van der Waals surface area contributed by atoms with Gasteiger partial charge in [-0.05, 0) is 31.2 Å². The molecule has 0 aliphatic heterocycles. The molecule has 0 amide bonds. The number of ether oxygens (including phenoxy) is 1. The first-order valence-electron chi connectivity index (χ1n) is 3.74. The van der Waals surface area contributed by atoms with E-state index in [1.165, 1.54) is 6.92 Å². The van der Waals surface area contributed by atoms with Crippen LogP contribution in [0.3, 0.4) is 0 Å². The van der Waals surface area contributed by atoms with E-state index in [0.29, 0.717) is 10.8 Å². The average Bonchev–Trinajstić information content (AvgIpc) is 2.08. The minimum atomic E-state index is -0.991. The molecule has 78 valence electrons. The summed E-state index contributed by atoms with van der Waals surface area (Å²) < 4.78 is 5.07. The number of carboxylic acids is 1. The van der Waals surface area contributed by atoms with Gasteiger partial charge in [-0.2, -0.15) is 0 Å². The number of carbonyl (C=O) groups is 1. The highest BCUT2D eigenvalue weighted by Gasteiger charge is 2.11. The fourth-order valence-electron chi connectivity index (χ4n) is 0.768. The summed E-state index contributed by atoms with van der Waals surface area (Å²) in [6.45, 7) is 1.47. The Bertz CT molecular complexity index is 299. The summed E-state index contributed by atoms with van der Waals surface area (Å²) in [7, 11) is 0. The van der Waals surface area contributed by atoms with Crippen LogP contribution in [-0.2, 0) is 4.79 Å². The van der Waals surface area contributed by atoms with E-state index in [4.69, 9.17) is 21.4 Å². The molecule has 0 heterocycles. The largest absolute Gasteiger partial charge is 0.479 e. The van der Waals surface area contributed by atoms with Crippen LogP contribution in [0, 0.1) is 0 Å². The Balaban J connectivity index is 0.00000169. The first kappa shape index (κ1) is 12.7. The second kappa shape index (κ2) is 5.47. The molecule has 1 unspecified atom stereocenters. The average molecular weight is 218 g/mol. The highest BCUT2D eigenvalue weighted by atomic mass is 35.5. The third kappa shape index (κ3) is 3.64. The maximum Gasteiger partial charge on any atom is 0.344 e. The number of carboxylic acid groups (broad SMARTS) is 1. The van der Waals surface area contributed by atoms with Gasteiger partial charge in [0.1, 0.15) is 5.75 Å². The molecule has 1 aromatic carbocycles. The number of halogens is 1. The molecule has 5 heteroatoms. The third-order valence-corrected chi connectivity index (χ3v) is 1.73. The summed E-state index contributed by atoms with van der Waals surface area (Å²) in [6.07, 6.45) is -0.846. The molecule has 0 spiro atoms. The van der Waals surface area contributed by atoms with E-state index in [1.54, 1.807) is 24.3 Å². The third-order valence-electron chi connectivity index (χ3n) is 1.47. The summed E-state index contributed by atoms with van der Waals surface area (Å²) >= 11 is 5.64. The van der Waals surface area contributed by atoms with E-state index >= 15 is 0 Å². The van der Waals surface area contributed by atoms with Crippen molar-refractivity contribution >= 4 is 17.6 Å². The summed E-state index contributed by atoms with van der Waals surface area (Å²) in [6, 6.07) is 6.54. The molecule has 1 aromatic rings. The van der Waals surface area contributed by atoms with Crippen molar-refractivity contribution in [1.29, 1.82) is 0 Å². The topological polar surface area (TPSA) is 81.5 Å². The van der Waals surface area contributed by atoms with E-state index in [9.17, 15) is 4.79 Å². The zero-order valence-corrected chi connectivity index (χ0v) is 8.49. The van der Waals surface area contributed by atoms with Gasteiger partial charge in [-0.3, -0.25) is 0 Å². The number of hydrogen-bond donors (Lipinski definition) is 2. The molecule has 0 radical (unpaired) electrons. The van der Waals surface area contributed by atoms with Crippen LogP contribution in [-0.4, -0.2) is 17.2 Å². The molecular weight excluding hydrogens is 206 g/mol. The fourth-order valence-corrected chi connectivity index (χ4v) is 0.894. The van der Waals surface area contributed by atoms with Crippen LogP contribution in [0.1, 0.15) is 6.92 Å². The van der Waals surface area contributed by atoms with E-state index < -0.39 is 12.1 Å². The predicted molar refractivity (Wildman–Crippen MR) is 54.2 cm³/mol. The van der Waals surface area contributed by atoms with Crippen LogP contribution in [0.25, 0.3) is 0 Å². The van der Waals surface area contributed by atoms with Gasteiger partial charge >= 0.3 is 5.97 Å². The first-order chi connectivity index (χ1) is 6.09. The molecular formula is C9H12ClNO3. The molecule has 0 fully saturated rings. The molecule has 0 saturated heterocycles. The quantitative estimate of drug-likeness (QED) is 0.814. The molecule has 4 N–H and O–H groups in total. The lowest BCUT2D eigenvalue weighted by molar-refractivity contribution is -0.144. The van der Waals surface area contributed by atoms with Crippen molar-refractivity contribution in [3.63, 3.8) is 0 Å². The van der Waals surface area contributed by atoms with Crippen LogP contribution in [0.15, 0.2) is 24.3 Å². The second-order valence-electron chi connectivity index (χ2n) is 2.55. The molecule has 0 aliphatic rings. The van der Waals surface area contributed by atoms with Gasteiger partial charge in [0.15, 0.2) is 6.10 Å². The van der Waals surface area contributed by atoms with E-state index in [0.717, 1.165) is 0 Å². The van der Waals surface area contributed by atoms with E-state index in [-0.39, 0.29) is 6.15 Å². The number of hydrogen-bond acceptors (Lipinski definition) is 3. The van der Waals surface area contributed by atoms with E-state index in [1.807, 2.05) is 0 Å². The van der Waals surface area contributed by atoms with Gasteiger partial charge in [0.2, 0.25) is 0 Å². The zero-order valence-electron chi connectivity index (χ0n) is 7.74. The number of aliphatic carboxylic acids is 1. The Labute approximate surface area is 87.0 Å². The van der Waals surface area contributed by atoms with Gasteiger partial charge in [-0.1, -0.05) is 11.6 Å². The van der Waals surface area contributed by atoms with Crippen LogP contribution in [0.5, 0.6) is 5.75 Å². The number of benzene rings is 1. The number of rotatable bonds is 3. The highest BCUT2D eigenvalue weighted by molar-refractivity contribution is 6.30. The van der Waals surface area contributed by atoms with Crippen LogP contribution < -0.4 is 10.9 Å². The van der Waals surface area contributed by atoms with Crippen molar-refractivity contribution in [2.24, 2.45) is 0 Å². The first-order valence-corrected chi connectivity index (χ1v) is 4.12. The van der Waals surface area contributed by atoms with Gasteiger partial charge in [-0.15, -0.1) is 0 Å². The fraction of sp³-hybridized carbons (Fsp3) is 0.222. The summed E-state index contributed by atoms with van der Waals surface area (Å²) in [5.41, 5.74) is 0. The minimum absolute atomic E-state index is 0. The summed E-state index contributed by atoms with van der Waals surface area (Å²) in [5.74, 6) is -0.491. The molecule has 14 heavy (non-hydrogen) atoms. The lowest BCUT2D eigenvalue weighted by Gasteiger charge is -2.09. The molecule has 0 saturated carbocycles. The maximum atomic E-state index is 10.4. The Morgan fingerprint density at radius 3 is 2.36 bits per heavy atom. The van der Waals surface area contributed by atoms with Crippen molar-refractivity contribution < 1.29 is 14.6 Å². The minimum Gasteiger partial charge on any atom is -0.479 e. The monoisotopic (exact) mass is 217 g/mol. The standard InChI is InChI=1S/C9H9ClO3.H3N/c1-6(9(11)12)13-8-4-2-7(10)3-5-8;/h2-6H,1H3,(H,11,12);1H3. The van der Waals surface area contributed by atoms with Crippen LogP contribution >= 0.6 is 11.6 Å². The van der Waals surface area contributed by atoms with Gasteiger partial charge < -0.3 is 16.0 Å².